The highest BCUT2D eigenvalue weighted by Crippen LogP contribution is 2.33. The molecule has 0 atom stereocenters. The summed E-state index contributed by atoms with van der Waals surface area (Å²) in [6.45, 7) is 5.77. The first-order valence-electron chi connectivity index (χ1n) is 10.6. The number of hydrogen-bond donors (Lipinski definition) is 1. The Morgan fingerprint density at radius 3 is 2.59 bits per heavy atom. The number of nitrogens with one attached hydrogen (secondary N) is 1. The molecule has 5 rings (SSSR count). The molecule has 1 amide bonds. The smallest absolute Gasteiger partial charge is 0.293 e. The van der Waals surface area contributed by atoms with Gasteiger partial charge in [-0.3, -0.25) is 10.1 Å². The molecule has 2 aromatic heterocycles. The summed E-state index contributed by atoms with van der Waals surface area (Å²) < 4.78 is 11.8. The molecule has 0 spiro atoms. The number of nitrogens with zero attached hydrogens (tertiary/aromatic N) is 2. The Kier molecular flexibility index (Phi) is 5.81. The van der Waals surface area contributed by atoms with Gasteiger partial charge in [0.25, 0.3) is 5.91 Å². The number of aromatic nitrogens is 2. The number of carbonyl (C=O) groups is 1. The molecule has 0 saturated heterocycles. The molecule has 0 unspecified atom stereocenters. The van der Waals surface area contributed by atoms with Crippen molar-refractivity contribution in [3.05, 3.63) is 88.1 Å². The Bertz CT molecular complexity index is 1520. The number of carbonyl (C=O) groups excluding carboxylic acids is 1. The van der Waals surface area contributed by atoms with Crippen LogP contribution in [0.3, 0.4) is 0 Å². The van der Waals surface area contributed by atoms with Crippen LogP contribution in [0.25, 0.3) is 21.5 Å². The lowest BCUT2D eigenvalue weighted by Gasteiger charge is -2.09. The van der Waals surface area contributed by atoms with E-state index in [1.807, 2.05) is 81.4 Å². The van der Waals surface area contributed by atoms with Crippen molar-refractivity contribution in [1.82, 2.24) is 10.2 Å². The maximum atomic E-state index is 12.8. The molecular weight excluding hydrogens is 470 g/mol. The fourth-order valence-corrected chi connectivity index (χ4v) is 4.49. The number of aryl methyl sites for hydroxylation is 2. The maximum Gasteiger partial charge on any atom is 0.293 e. The topological polar surface area (TPSA) is 77.2 Å². The first-order valence-corrected chi connectivity index (χ1v) is 11.8. The van der Waals surface area contributed by atoms with Gasteiger partial charge in [-0.1, -0.05) is 41.1 Å². The van der Waals surface area contributed by atoms with E-state index in [1.165, 1.54) is 11.3 Å². The van der Waals surface area contributed by atoms with E-state index >= 15 is 0 Å². The summed E-state index contributed by atoms with van der Waals surface area (Å²) in [5.41, 5.74) is 4.30. The van der Waals surface area contributed by atoms with Crippen LogP contribution < -0.4 is 10.1 Å². The molecule has 0 aliphatic carbocycles. The van der Waals surface area contributed by atoms with Crippen molar-refractivity contribution in [3.63, 3.8) is 0 Å². The van der Waals surface area contributed by atoms with Gasteiger partial charge in [0.05, 0.1) is 0 Å². The van der Waals surface area contributed by atoms with Crippen LogP contribution >= 0.6 is 22.9 Å². The summed E-state index contributed by atoms with van der Waals surface area (Å²) in [5, 5.41) is 13.8. The minimum absolute atomic E-state index is 0.273. The highest BCUT2D eigenvalue weighted by molar-refractivity contribution is 7.18. The van der Waals surface area contributed by atoms with Crippen LogP contribution in [0.5, 0.6) is 11.5 Å². The first-order chi connectivity index (χ1) is 16.4. The Labute approximate surface area is 205 Å². The third kappa shape index (κ3) is 4.27. The van der Waals surface area contributed by atoms with Crippen LogP contribution in [0.15, 0.2) is 65.1 Å². The van der Waals surface area contributed by atoms with Gasteiger partial charge in [0.15, 0.2) is 5.76 Å². The molecule has 0 aliphatic heterocycles. The Hall–Kier alpha value is -3.68. The zero-order valence-electron chi connectivity index (χ0n) is 18.7. The molecule has 0 aliphatic rings. The normalized spacial score (nSPS) is 11.1. The largest absolute Gasteiger partial charge is 0.457 e. The summed E-state index contributed by atoms with van der Waals surface area (Å²) in [6, 6.07) is 18.9. The van der Waals surface area contributed by atoms with Gasteiger partial charge < -0.3 is 9.15 Å². The average molecular weight is 490 g/mol. The van der Waals surface area contributed by atoms with E-state index in [4.69, 9.17) is 20.8 Å². The summed E-state index contributed by atoms with van der Waals surface area (Å²) in [4.78, 5) is 12.8. The Morgan fingerprint density at radius 2 is 1.79 bits per heavy atom. The number of halogens is 1. The van der Waals surface area contributed by atoms with Crippen molar-refractivity contribution in [1.29, 1.82) is 0 Å². The van der Waals surface area contributed by atoms with Crippen molar-refractivity contribution in [2.24, 2.45) is 0 Å². The lowest BCUT2D eigenvalue weighted by atomic mass is 10.1. The summed E-state index contributed by atoms with van der Waals surface area (Å²) in [5.74, 6) is 1.31. The molecule has 34 heavy (non-hydrogen) atoms. The third-order valence-corrected chi connectivity index (χ3v) is 6.79. The number of ether oxygens (including phenoxy) is 1. The second kappa shape index (κ2) is 8.93. The molecule has 0 bridgehead atoms. The van der Waals surface area contributed by atoms with Crippen LogP contribution in [-0.2, 0) is 0 Å². The van der Waals surface area contributed by atoms with Crippen molar-refractivity contribution in [2.45, 2.75) is 20.8 Å². The molecule has 2 heterocycles. The number of fused-ring (bicyclic) bond motifs is 1. The zero-order chi connectivity index (χ0) is 23.8. The second-order valence-corrected chi connectivity index (χ2v) is 9.30. The quantitative estimate of drug-likeness (QED) is 0.275. The molecule has 170 valence electrons. The van der Waals surface area contributed by atoms with E-state index in [0.29, 0.717) is 32.2 Å². The highest BCUT2D eigenvalue weighted by Gasteiger charge is 2.19. The molecule has 0 saturated carbocycles. The molecule has 1 N–H and O–H groups in total. The molecule has 5 aromatic rings. The van der Waals surface area contributed by atoms with Gasteiger partial charge in [-0.2, -0.15) is 0 Å². The molecule has 3 aromatic carbocycles. The van der Waals surface area contributed by atoms with Gasteiger partial charge in [-0.25, -0.2) is 0 Å². The number of anilines is 1. The van der Waals surface area contributed by atoms with Gasteiger partial charge in [-0.15, -0.1) is 10.2 Å². The zero-order valence-corrected chi connectivity index (χ0v) is 20.3. The maximum absolute atomic E-state index is 12.8. The van der Waals surface area contributed by atoms with Crippen molar-refractivity contribution >= 4 is 44.9 Å². The first kappa shape index (κ1) is 22.1. The van der Waals surface area contributed by atoms with E-state index in [0.717, 1.165) is 27.6 Å². The molecule has 0 radical (unpaired) electrons. The fourth-order valence-electron chi connectivity index (χ4n) is 3.58. The van der Waals surface area contributed by atoms with Gasteiger partial charge in [0.2, 0.25) is 5.13 Å². The molecular formula is C26H20ClN3O3S. The minimum atomic E-state index is -0.352. The number of rotatable bonds is 5. The van der Waals surface area contributed by atoms with Crippen LogP contribution in [0.4, 0.5) is 5.13 Å². The van der Waals surface area contributed by atoms with Gasteiger partial charge in [0.1, 0.15) is 22.1 Å². The standard InChI is InChI=1S/C26H20ClN3O3S/c1-14-7-12-19-15(2)23(33-22(19)13-14)24(31)28-26-30-29-25(34-26)17-8-10-18(11-9-17)32-21-6-4-5-20(27)16(21)3/h4-13H,1-3H3,(H,28,30,31). The fraction of sp³-hybridized carbons (Fsp3) is 0.115. The average Bonchev–Trinajstić information content (AvgIpc) is 3.41. The molecule has 8 heteroatoms. The number of amides is 1. The van der Waals surface area contributed by atoms with Crippen molar-refractivity contribution in [3.8, 4) is 22.1 Å². The van der Waals surface area contributed by atoms with E-state index in [1.54, 1.807) is 0 Å². The van der Waals surface area contributed by atoms with Gasteiger partial charge in [0, 0.05) is 27.1 Å². The van der Waals surface area contributed by atoms with E-state index in [9.17, 15) is 4.79 Å². The Balaban J connectivity index is 1.30. The van der Waals surface area contributed by atoms with E-state index < -0.39 is 0 Å². The van der Waals surface area contributed by atoms with E-state index in [-0.39, 0.29) is 11.7 Å². The van der Waals surface area contributed by atoms with Crippen LogP contribution in [0.2, 0.25) is 5.02 Å². The van der Waals surface area contributed by atoms with E-state index in [2.05, 4.69) is 15.5 Å². The predicted octanol–water partition coefficient (Wildman–Crippen LogP) is 7.57. The summed E-state index contributed by atoms with van der Waals surface area (Å²) in [6.07, 6.45) is 0. The lowest BCUT2D eigenvalue weighted by Crippen LogP contribution is -2.11. The number of hydrogen-bond acceptors (Lipinski definition) is 6. The molecule has 6 nitrogen and oxygen atoms in total. The Morgan fingerprint density at radius 1 is 1.00 bits per heavy atom. The van der Waals surface area contributed by atoms with Crippen LogP contribution in [0, 0.1) is 20.8 Å². The predicted molar refractivity (Wildman–Crippen MR) is 135 cm³/mol. The molecule has 0 fully saturated rings. The lowest BCUT2D eigenvalue weighted by molar-refractivity contribution is 0.0998. The van der Waals surface area contributed by atoms with Crippen LogP contribution in [0.1, 0.15) is 27.2 Å². The van der Waals surface area contributed by atoms with Crippen LogP contribution in [-0.4, -0.2) is 16.1 Å². The number of benzene rings is 3. The van der Waals surface area contributed by atoms with Crippen molar-refractivity contribution in [2.75, 3.05) is 5.32 Å². The third-order valence-electron chi connectivity index (χ3n) is 5.49. The number of furan rings is 1. The van der Waals surface area contributed by atoms with Gasteiger partial charge in [-0.05, 0) is 68.8 Å². The monoisotopic (exact) mass is 489 g/mol. The SMILES string of the molecule is Cc1ccc2c(C)c(C(=O)Nc3nnc(-c4ccc(Oc5cccc(Cl)c5C)cc4)s3)oc2c1. The van der Waals surface area contributed by atoms with Crippen molar-refractivity contribution < 1.29 is 13.9 Å². The van der Waals surface area contributed by atoms with Gasteiger partial charge >= 0.3 is 0 Å². The summed E-state index contributed by atoms with van der Waals surface area (Å²) in [7, 11) is 0. The highest BCUT2D eigenvalue weighted by atomic mass is 35.5. The summed E-state index contributed by atoms with van der Waals surface area (Å²) >= 11 is 7.45. The second-order valence-electron chi connectivity index (χ2n) is 7.91. The minimum Gasteiger partial charge on any atom is -0.457 e.